The number of nitriles is 2. The second-order valence-corrected chi connectivity index (χ2v) is 11.1. The van der Waals surface area contributed by atoms with Crippen LogP contribution in [0.25, 0.3) is 16.6 Å². The first kappa shape index (κ1) is 24.4. The molecule has 0 atom stereocenters. The molecule has 1 aliphatic carbocycles. The monoisotopic (exact) mass is 518 g/mol. The molecular weight excluding hydrogens is 495 g/mol. The molecule has 1 N–H and O–H groups in total. The zero-order valence-electron chi connectivity index (χ0n) is 19.5. The van der Waals surface area contributed by atoms with Gasteiger partial charge in [-0.3, -0.25) is 4.68 Å². The molecule has 0 unspecified atom stereocenters. The Hall–Kier alpha value is -3.31. The van der Waals surface area contributed by atoms with Gasteiger partial charge in [-0.15, -0.1) is 0 Å². The number of aliphatic hydroxyl groups is 1. The molecule has 36 heavy (non-hydrogen) atoms. The Morgan fingerprint density at radius 2 is 1.89 bits per heavy atom. The molecule has 4 aromatic rings. The average molecular weight is 519 g/mol. The Kier molecular flexibility index (Phi) is 6.52. The lowest BCUT2D eigenvalue weighted by molar-refractivity contribution is 0.189. The Balaban J connectivity index is 1.55. The summed E-state index contributed by atoms with van der Waals surface area (Å²) in [7, 11) is 0. The maximum atomic E-state index is 13.7. The number of thiol groups is 1. The molecule has 0 spiro atoms. The minimum Gasteiger partial charge on any atom is -0.395 e. The predicted molar refractivity (Wildman–Crippen MR) is 137 cm³/mol. The average Bonchev–Trinajstić information content (AvgIpc) is 3.48. The maximum Gasteiger partial charge on any atom is 0.124 e. The molecule has 3 heterocycles. The number of rotatable bonds is 5. The molecule has 1 saturated carbocycles. The second kappa shape index (κ2) is 9.62. The Labute approximate surface area is 217 Å². The third-order valence-corrected chi connectivity index (χ3v) is 8.56. The van der Waals surface area contributed by atoms with Crippen LogP contribution in [0.1, 0.15) is 48.5 Å². The van der Waals surface area contributed by atoms with Gasteiger partial charge in [-0.1, -0.05) is 11.8 Å². The molecule has 0 bridgehead atoms. The fraction of sp³-hybridized carbons (Fsp3) is 0.308. The largest absolute Gasteiger partial charge is 0.395 e. The summed E-state index contributed by atoms with van der Waals surface area (Å²) in [6.45, 7) is 2.11. The molecule has 10 heteroatoms. The van der Waals surface area contributed by atoms with E-state index in [0.717, 1.165) is 47.4 Å². The van der Waals surface area contributed by atoms with Crippen molar-refractivity contribution in [2.75, 3.05) is 6.61 Å². The quantitative estimate of drug-likeness (QED) is 0.347. The van der Waals surface area contributed by atoms with Crippen LogP contribution < -0.4 is 0 Å². The fourth-order valence-corrected chi connectivity index (χ4v) is 6.14. The number of aromatic nitrogens is 4. The van der Waals surface area contributed by atoms with Gasteiger partial charge in [0.15, 0.2) is 0 Å². The first-order valence-electron chi connectivity index (χ1n) is 11.5. The summed E-state index contributed by atoms with van der Waals surface area (Å²) in [5.74, 6) is -0.475. The summed E-state index contributed by atoms with van der Waals surface area (Å²) >= 11 is 5.95. The lowest BCUT2D eigenvalue weighted by Gasteiger charge is -2.35. The summed E-state index contributed by atoms with van der Waals surface area (Å²) in [6.07, 6.45) is 8.64. The molecular formula is C26H23FN6OS2. The van der Waals surface area contributed by atoms with E-state index in [0.29, 0.717) is 16.0 Å². The highest BCUT2D eigenvalue weighted by molar-refractivity contribution is 7.99. The number of pyridine rings is 1. The topological polar surface area (TPSA) is 103 Å². The normalized spacial score (nSPS) is 19.8. The summed E-state index contributed by atoms with van der Waals surface area (Å²) in [4.78, 5) is 1.33. The van der Waals surface area contributed by atoms with Crippen LogP contribution >= 0.6 is 24.4 Å². The van der Waals surface area contributed by atoms with Crippen molar-refractivity contribution in [2.24, 2.45) is 0 Å². The SMILES string of the molecule is Cc1c(-c2cc(Sc3ccc(F)cc3C#N)c3c(C#N)cnn3c2)cnn1C1CCC(S)(CO)CC1. The number of aliphatic hydroxyl groups excluding tert-OH is 1. The van der Waals surface area contributed by atoms with Crippen molar-refractivity contribution in [3.63, 3.8) is 0 Å². The van der Waals surface area contributed by atoms with Gasteiger partial charge >= 0.3 is 0 Å². The highest BCUT2D eigenvalue weighted by Gasteiger charge is 2.33. The van der Waals surface area contributed by atoms with E-state index in [1.54, 1.807) is 10.6 Å². The Bertz CT molecular complexity index is 1540. The molecule has 3 aromatic heterocycles. The molecule has 1 aliphatic rings. The molecule has 5 rings (SSSR count). The van der Waals surface area contributed by atoms with Gasteiger partial charge < -0.3 is 5.11 Å². The van der Waals surface area contributed by atoms with Crippen molar-refractivity contribution in [3.8, 4) is 23.3 Å². The van der Waals surface area contributed by atoms with E-state index in [1.165, 1.54) is 30.1 Å². The molecule has 1 aromatic carbocycles. The van der Waals surface area contributed by atoms with Gasteiger partial charge in [-0.2, -0.15) is 33.3 Å². The standard InChI is InChI=1S/C26H23FN6OS2/c1-16-22(13-31-33(16)21-4-6-26(35,15-34)7-5-21)18-9-24(25-19(11-29)12-30-32(25)14-18)36-23-3-2-20(27)8-17(23)10-28/h2-3,8-9,12-14,21,34-35H,4-7,15H2,1H3. The van der Waals surface area contributed by atoms with Crippen LogP contribution in [0.2, 0.25) is 0 Å². The number of halogens is 1. The molecule has 7 nitrogen and oxygen atoms in total. The number of hydrogen-bond acceptors (Lipinski definition) is 7. The summed E-state index contributed by atoms with van der Waals surface area (Å²) < 4.78 is 17.1. The third-order valence-electron chi connectivity index (χ3n) is 6.86. The zero-order valence-corrected chi connectivity index (χ0v) is 21.2. The fourth-order valence-electron chi connectivity index (χ4n) is 4.81. The molecule has 0 saturated heterocycles. The van der Waals surface area contributed by atoms with Crippen molar-refractivity contribution < 1.29 is 9.50 Å². The lowest BCUT2D eigenvalue weighted by atomic mass is 9.85. The van der Waals surface area contributed by atoms with Gasteiger partial charge in [0.05, 0.1) is 41.7 Å². The van der Waals surface area contributed by atoms with Crippen LogP contribution in [0.5, 0.6) is 0 Å². The molecule has 1 fully saturated rings. The summed E-state index contributed by atoms with van der Waals surface area (Å²) in [5, 5.41) is 37.9. The van der Waals surface area contributed by atoms with E-state index in [1.807, 2.05) is 31.5 Å². The zero-order chi connectivity index (χ0) is 25.4. The van der Waals surface area contributed by atoms with E-state index in [9.17, 15) is 20.0 Å². The summed E-state index contributed by atoms with van der Waals surface area (Å²) in [6, 6.07) is 10.5. The number of hydrogen-bond donors (Lipinski definition) is 2. The van der Waals surface area contributed by atoms with E-state index >= 15 is 0 Å². The van der Waals surface area contributed by atoms with Gasteiger partial charge in [0, 0.05) is 37.6 Å². The van der Waals surface area contributed by atoms with Crippen LogP contribution in [-0.2, 0) is 0 Å². The van der Waals surface area contributed by atoms with Crippen molar-refractivity contribution in [1.82, 2.24) is 19.4 Å². The minimum absolute atomic E-state index is 0.0722. The minimum atomic E-state index is -0.475. The van der Waals surface area contributed by atoms with Crippen LogP contribution in [0, 0.1) is 35.4 Å². The van der Waals surface area contributed by atoms with Crippen LogP contribution in [0.3, 0.4) is 0 Å². The number of nitrogens with zero attached hydrogens (tertiary/aromatic N) is 6. The third kappa shape index (κ3) is 4.37. The Morgan fingerprint density at radius 1 is 1.14 bits per heavy atom. The van der Waals surface area contributed by atoms with Crippen LogP contribution in [0.4, 0.5) is 4.39 Å². The van der Waals surface area contributed by atoms with Gasteiger partial charge in [-0.25, -0.2) is 8.91 Å². The molecule has 0 amide bonds. The van der Waals surface area contributed by atoms with E-state index in [2.05, 4.69) is 28.5 Å². The first-order valence-corrected chi connectivity index (χ1v) is 12.8. The van der Waals surface area contributed by atoms with E-state index in [4.69, 9.17) is 5.10 Å². The Morgan fingerprint density at radius 3 is 2.58 bits per heavy atom. The van der Waals surface area contributed by atoms with E-state index < -0.39 is 5.82 Å². The summed E-state index contributed by atoms with van der Waals surface area (Å²) in [5.41, 5.74) is 4.10. The molecule has 0 aliphatic heterocycles. The smallest absolute Gasteiger partial charge is 0.124 e. The first-order chi connectivity index (χ1) is 17.4. The highest BCUT2D eigenvalue weighted by Crippen LogP contribution is 2.41. The van der Waals surface area contributed by atoms with Gasteiger partial charge in [-0.05, 0) is 56.9 Å². The van der Waals surface area contributed by atoms with Crippen molar-refractivity contribution in [1.29, 1.82) is 10.5 Å². The van der Waals surface area contributed by atoms with Crippen molar-refractivity contribution >= 4 is 29.9 Å². The molecule has 182 valence electrons. The number of benzene rings is 1. The molecule has 0 radical (unpaired) electrons. The van der Waals surface area contributed by atoms with Crippen LogP contribution in [0.15, 0.2) is 52.6 Å². The second-order valence-electron chi connectivity index (χ2n) is 9.11. The lowest BCUT2D eigenvalue weighted by Crippen LogP contribution is -2.33. The predicted octanol–water partition coefficient (Wildman–Crippen LogP) is 5.32. The van der Waals surface area contributed by atoms with Gasteiger partial charge in [0.25, 0.3) is 0 Å². The van der Waals surface area contributed by atoms with Gasteiger partial charge in [0.2, 0.25) is 0 Å². The maximum absolute atomic E-state index is 13.7. The van der Waals surface area contributed by atoms with Gasteiger partial charge in [0.1, 0.15) is 18.0 Å². The van der Waals surface area contributed by atoms with Crippen molar-refractivity contribution in [3.05, 3.63) is 65.5 Å². The van der Waals surface area contributed by atoms with Crippen molar-refractivity contribution in [2.45, 2.75) is 53.2 Å². The highest BCUT2D eigenvalue weighted by atomic mass is 32.2. The van der Waals surface area contributed by atoms with Crippen LogP contribution in [-0.4, -0.2) is 35.9 Å². The number of fused-ring (bicyclic) bond motifs is 1. The van der Waals surface area contributed by atoms with E-state index in [-0.39, 0.29) is 23.0 Å².